The predicted molar refractivity (Wildman–Crippen MR) is 132 cm³/mol. The number of nitrogens with zero attached hydrogens (tertiary/aromatic N) is 4. The third-order valence-corrected chi connectivity index (χ3v) is 7.64. The van der Waals surface area contributed by atoms with Gasteiger partial charge in [0, 0.05) is 38.0 Å². The fourth-order valence-corrected chi connectivity index (χ4v) is 5.76. The molecule has 4 aromatic rings. The molecule has 1 aliphatic rings. The molecule has 0 radical (unpaired) electrons. The van der Waals surface area contributed by atoms with Crippen molar-refractivity contribution in [3.8, 4) is 5.75 Å². The highest BCUT2D eigenvalue weighted by atomic mass is 32.1. The Morgan fingerprint density at radius 1 is 1.24 bits per heavy atom. The SMILES string of the molecule is COc1ccccc1C(NC(=O)c1sc2nc3n(c(=O)c2c1C)CCCCC3)c1nccn1C. The first kappa shape index (κ1) is 22.3. The lowest BCUT2D eigenvalue weighted by Gasteiger charge is -2.21. The number of para-hydroxylation sites is 1. The smallest absolute Gasteiger partial charge is 0.262 e. The van der Waals surface area contributed by atoms with Gasteiger partial charge in [0.15, 0.2) is 0 Å². The molecule has 1 atom stereocenters. The van der Waals surface area contributed by atoms with Crippen molar-refractivity contribution in [1.82, 2.24) is 24.4 Å². The van der Waals surface area contributed by atoms with Crippen LogP contribution in [-0.2, 0) is 20.0 Å². The summed E-state index contributed by atoms with van der Waals surface area (Å²) in [6.07, 6.45) is 7.43. The molecule has 1 aliphatic heterocycles. The molecule has 5 rings (SSSR count). The van der Waals surface area contributed by atoms with Gasteiger partial charge in [-0.2, -0.15) is 0 Å². The highest BCUT2D eigenvalue weighted by Crippen LogP contribution is 2.32. The second-order valence-corrected chi connectivity index (χ2v) is 9.58. The number of methoxy groups -OCH3 is 1. The molecule has 0 bridgehead atoms. The molecule has 9 heteroatoms. The number of aryl methyl sites for hydroxylation is 3. The average Bonchev–Trinajstić information content (AvgIpc) is 3.31. The molecule has 4 heterocycles. The van der Waals surface area contributed by atoms with E-state index in [0.717, 1.165) is 37.1 Å². The number of fused-ring (bicyclic) bond motifs is 2. The number of nitrogens with one attached hydrogen (secondary N) is 1. The van der Waals surface area contributed by atoms with Gasteiger partial charge in [-0.05, 0) is 31.4 Å². The summed E-state index contributed by atoms with van der Waals surface area (Å²) in [5, 5.41) is 3.69. The number of imidazole rings is 1. The van der Waals surface area contributed by atoms with Crippen molar-refractivity contribution < 1.29 is 9.53 Å². The van der Waals surface area contributed by atoms with Crippen LogP contribution in [0, 0.1) is 6.92 Å². The minimum absolute atomic E-state index is 0.0416. The van der Waals surface area contributed by atoms with Crippen LogP contribution in [0.1, 0.15) is 57.8 Å². The number of carbonyl (C=O) groups is 1. The third-order valence-electron chi connectivity index (χ3n) is 6.46. The minimum atomic E-state index is -0.529. The van der Waals surface area contributed by atoms with Gasteiger partial charge >= 0.3 is 0 Å². The van der Waals surface area contributed by atoms with Crippen molar-refractivity contribution in [2.45, 2.75) is 45.2 Å². The van der Waals surface area contributed by atoms with E-state index >= 15 is 0 Å². The first-order valence-electron chi connectivity index (χ1n) is 11.4. The first-order valence-corrected chi connectivity index (χ1v) is 12.2. The van der Waals surface area contributed by atoms with E-state index in [1.165, 1.54) is 11.3 Å². The zero-order valence-corrected chi connectivity index (χ0v) is 20.3. The Hall–Kier alpha value is -3.46. The summed E-state index contributed by atoms with van der Waals surface area (Å²) in [6, 6.07) is 7.04. The molecule has 0 aliphatic carbocycles. The molecule has 0 fully saturated rings. The van der Waals surface area contributed by atoms with E-state index in [0.29, 0.717) is 38.8 Å². The predicted octanol–water partition coefficient (Wildman–Crippen LogP) is 3.75. The van der Waals surface area contributed by atoms with E-state index in [9.17, 15) is 9.59 Å². The molecule has 34 heavy (non-hydrogen) atoms. The number of hydrogen-bond acceptors (Lipinski definition) is 6. The molecule has 3 aromatic heterocycles. The zero-order chi connectivity index (χ0) is 23.8. The number of benzene rings is 1. The maximum absolute atomic E-state index is 13.6. The van der Waals surface area contributed by atoms with E-state index < -0.39 is 6.04 Å². The fourth-order valence-electron chi connectivity index (χ4n) is 4.66. The fraction of sp³-hybridized carbons (Fsp3) is 0.360. The van der Waals surface area contributed by atoms with Gasteiger partial charge < -0.3 is 14.6 Å². The lowest BCUT2D eigenvalue weighted by atomic mass is 10.0. The number of rotatable bonds is 5. The summed E-state index contributed by atoms with van der Waals surface area (Å²) in [6.45, 7) is 2.52. The van der Waals surface area contributed by atoms with E-state index in [4.69, 9.17) is 9.72 Å². The molecular formula is C25H27N5O3S. The van der Waals surface area contributed by atoms with Gasteiger partial charge in [-0.25, -0.2) is 9.97 Å². The molecule has 176 valence electrons. The molecule has 8 nitrogen and oxygen atoms in total. The number of aromatic nitrogens is 4. The molecule has 1 unspecified atom stereocenters. The Morgan fingerprint density at radius 3 is 2.82 bits per heavy atom. The lowest BCUT2D eigenvalue weighted by molar-refractivity contribution is 0.0944. The molecule has 1 N–H and O–H groups in total. The number of hydrogen-bond donors (Lipinski definition) is 1. The van der Waals surface area contributed by atoms with Crippen LogP contribution in [0.2, 0.25) is 0 Å². The summed E-state index contributed by atoms with van der Waals surface area (Å²) >= 11 is 1.28. The molecule has 0 saturated heterocycles. The van der Waals surface area contributed by atoms with Gasteiger partial charge in [-0.1, -0.05) is 24.6 Å². The highest BCUT2D eigenvalue weighted by molar-refractivity contribution is 7.20. The van der Waals surface area contributed by atoms with Crippen LogP contribution in [-0.4, -0.2) is 32.1 Å². The molecule has 1 aromatic carbocycles. The van der Waals surface area contributed by atoms with Gasteiger partial charge in [0.1, 0.15) is 28.3 Å². The molecular weight excluding hydrogens is 450 g/mol. The Morgan fingerprint density at radius 2 is 2.06 bits per heavy atom. The van der Waals surface area contributed by atoms with E-state index in [2.05, 4.69) is 10.3 Å². The van der Waals surface area contributed by atoms with Crippen molar-refractivity contribution >= 4 is 27.5 Å². The third kappa shape index (κ3) is 3.79. The number of ether oxygens (including phenoxy) is 1. The summed E-state index contributed by atoms with van der Waals surface area (Å²) in [7, 11) is 3.49. The van der Waals surface area contributed by atoms with Crippen LogP contribution >= 0.6 is 11.3 Å². The second-order valence-electron chi connectivity index (χ2n) is 8.58. The van der Waals surface area contributed by atoms with Gasteiger partial charge in [-0.15, -0.1) is 11.3 Å². The van der Waals surface area contributed by atoms with Gasteiger partial charge in [0.25, 0.3) is 11.5 Å². The van der Waals surface area contributed by atoms with Crippen LogP contribution in [0.25, 0.3) is 10.2 Å². The largest absolute Gasteiger partial charge is 0.496 e. The highest BCUT2D eigenvalue weighted by Gasteiger charge is 2.27. The van der Waals surface area contributed by atoms with Crippen LogP contribution in [0.5, 0.6) is 5.75 Å². The standard InChI is InChI=1S/C25H27N5O3S/c1-15-19-24(27-18-11-5-4-8-13-30(18)25(19)32)34-21(15)23(31)28-20(22-26-12-14-29(22)2)16-9-6-7-10-17(16)33-3/h6-7,9-10,12,14,20H,4-5,8,11,13H2,1-3H3,(H,28,31). The Labute approximate surface area is 201 Å². The van der Waals surface area contributed by atoms with E-state index in [-0.39, 0.29) is 11.5 Å². The van der Waals surface area contributed by atoms with Crippen molar-refractivity contribution in [1.29, 1.82) is 0 Å². The van der Waals surface area contributed by atoms with Crippen LogP contribution in [0.4, 0.5) is 0 Å². The average molecular weight is 478 g/mol. The monoisotopic (exact) mass is 477 g/mol. The zero-order valence-electron chi connectivity index (χ0n) is 19.5. The van der Waals surface area contributed by atoms with Crippen molar-refractivity contribution in [2.24, 2.45) is 7.05 Å². The Bertz CT molecular complexity index is 1430. The van der Waals surface area contributed by atoms with Crippen molar-refractivity contribution in [3.63, 3.8) is 0 Å². The number of thiophene rings is 1. The first-order chi connectivity index (χ1) is 16.5. The topological polar surface area (TPSA) is 91.0 Å². The Kier molecular flexibility index (Phi) is 5.95. The summed E-state index contributed by atoms with van der Waals surface area (Å²) in [5.74, 6) is 1.90. The summed E-state index contributed by atoms with van der Waals surface area (Å²) in [4.78, 5) is 37.3. The Balaban J connectivity index is 1.57. The van der Waals surface area contributed by atoms with Crippen molar-refractivity contribution in [2.75, 3.05) is 7.11 Å². The second kappa shape index (κ2) is 9.06. The summed E-state index contributed by atoms with van der Waals surface area (Å²) in [5.41, 5.74) is 1.43. The van der Waals surface area contributed by atoms with Crippen LogP contribution in [0.3, 0.4) is 0 Å². The molecule has 1 amide bonds. The maximum atomic E-state index is 13.6. The van der Waals surface area contributed by atoms with Crippen LogP contribution < -0.4 is 15.6 Å². The minimum Gasteiger partial charge on any atom is -0.496 e. The molecule has 0 saturated carbocycles. The van der Waals surface area contributed by atoms with E-state index in [1.54, 1.807) is 17.9 Å². The van der Waals surface area contributed by atoms with Crippen molar-refractivity contribution in [3.05, 3.63) is 74.7 Å². The molecule has 0 spiro atoms. The quantitative estimate of drug-likeness (QED) is 0.473. The summed E-state index contributed by atoms with van der Waals surface area (Å²) < 4.78 is 9.24. The maximum Gasteiger partial charge on any atom is 0.262 e. The van der Waals surface area contributed by atoms with Gasteiger partial charge in [-0.3, -0.25) is 14.2 Å². The number of amides is 1. The number of carbonyl (C=O) groups excluding carboxylic acids is 1. The van der Waals surface area contributed by atoms with E-state index in [1.807, 2.05) is 49.0 Å². The normalized spacial score (nSPS) is 14.4. The van der Waals surface area contributed by atoms with Gasteiger partial charge in [0.05, 0.1) is 17.4 Å². The lowest BCUT2D eigenvalue weighted by Crippen LogP contribution is -2.31. The van der Waals surface area contributed by atoms with Crippen LogP contribution in [0.15, 0.2) is 41.5 Å². The van der Waals surface area contributed by atoms with Gasteiger partial charge in [0.2, 0.25) is 0 Å².